The molecular formula is C10H22N2O. The number of hydrogen-bond acceptors (Lipinski definition) is 3. The van der Waals surface area contributed by atoms with Crippen molar-refractivity contribution in [3.8, 4) is 0 Å². The van der Waals surface area contributed by atoms with E-state index in [1.54, 1.807) is 0 Å². The molecular weight excluding hydrogens is 164 g/mol. The summed E-state index contributed by atoms with van der Waals surface area (Å²) in [5.74, 6) is 0. The van der Waals surface area contributed by atoms with E-state index in [9.17, 15) is 0 Å². The first kappa shape index (κ1) is 11.0. The lowest BCUT2D eigenvalue weighted by Crippen LogP contribution is -2.38. The van der Waals surface area contributed by atoms with Crippen LogP contribution in [0.1, 0.15) is 19.8 Å². The van der Waals surface area contributed by atoms with Crippen molar-refractivity contribution in [3.05, 3.63) is 0 Å². The van der Waals surface area contributed by atoms with Gasteiger partial charge in [0.25, 0.3) is 0 Å². The molecule has 0 atom stereocenters. The van der Waals surface area contributed by atoms with Crippen LogP contribution in [-0.4, -0.2) is 39.9 Å². The summed E-state index contributed by atoms with van der Waals surface area (Å²) in [7, 11) is 1.98. The number of likely N-dealkylation sites (N-methyl/N-ethyl adjacent to an activating group) is 1. The molecule has 0 bridgehead atoms. The van der Waals surface area contributed by atoms with Crippen molar-refractivity contribution in [2.45, 2.75) is 19.8 Å². The monoisotopic (exact) mass is 186 g/mol. The SMILES string of the molecule is CNCCNCC1(C)CCOCC1. The average molecular weight is 186 g/mol. The van der Waals surface area contributed by atoms with Crippen molar-refractivity contribution in [2.75, 3.05) is 39.9 Å². The number of ether oxygens (including phenoxy) is 1. The Kier molecular flexibility index (Phi) is 4.70. The molecule has 0 amide bonds. The summed E-state index contributed by atoms with van der Waals surface area (Å²) in [5, 5.41) is 6.61. The average Bonchev–Trinajstić information content (AvgIpc) is 2.14. The molecule has 1 heterocycles. The van der Waals surface area contributed by atoms with E-state index in [-0.39, 0.29) is 0 Å². The Morgan fingerprint density at radius 2 is 1.92 bits per heavy atom. The lowest BCUT2D eigenvalue weighted by molar-refractivity contribution is 0.0243. The van der Waals surface area contributed by atoms with E-state index in [2.05, 4.69) is 17.6 Å². The second-order valence-corrected chi connectivity index (χ2v) is 4.20. The van der Waals surface area contributed by atoms with Crippen molar-refractivity contribution in [3.63, 3.8) is 0 Å². The first-order valence-corrected chi connectivity index (χ1v) is 5.20. The second-order valence-electron chi connectivity index (χ2n) is 4.20. The van der Waals surface area contributed by atoms with E-state index in [0.717, 1.165) is 32.8 Å². The van der Waals surface area contributed by atoms with Crippen molar-refractivity contribution in [2.24, 2.45) is 5.41 Å². The molecule has 0 aromatic carbocycles. The third kappa shape index (κ3) is 4.07. The summed E-state index contributed by atoms with van der Waals surface area (Å²) in [6.45, 7) is 7.45. The molecule has 1 rings (SSSR count). The molecule has 1 fully saturated rings. The van der Waals surface area contributed by atoms with Crippen LogP contribution in [0.4, 0.5) is 0 Å². The van der Waals surface area contributed by atoms with Gasteiger partial charge in [-0.1, -0.05) is 6.92 Å². The Morgan fingerprint density at radius 1 is 1.23 bits per heavy atom. The summed E-state index contributed by atoms with van der Waals surface area (Å²) in [6.07, 6.45) is 2.39. The van der Waals surface area contributed by atoms with Crippen LogP contribution in [0, 0.1) is 5.41 Å². The first-order chi connectivity index (χ1) is 6.27. The molecule has 0 unspecified atom stereocenters. The van der Waals surface area contributed by atoms with Crippen LogP contribution in [0.25, 0.3) is 0 Å². The molecule has 0 aromatic heterocycles. The molecule has 0 aliphatic carbocycles. The van der Waals surface area contributed by atoms with Crippen molar-refractivity contribution in [1.29, 1.82) is 0 Å². The van der Waals surface area contributed by atoms with Gasteiger partial charge < -0.3 is 15.4 Å². The van der Waals surface area contributed by atoms with Gasteiger partial charge in [-0.3, -0.25) is 0 Å². The number of rotatable bonds is 5. The van der Waals surface area contributed by atoms with Crippen LogP contribution in [0.2, 0.25) is 0 Å². The molecule has 1 aliphatic rings. The quantitative estimate of drug-likeness (QED) is 0.617. The summed E-state index contributed by atoms with van der Waals surface area (Å²) in [6, 6.07) is 0. The van der Waals surface area contributed by atoms with Crippen LogP contribution in [0.15, 0.2) is 0 Å². The van der Waals surface area contributed by atoms with Crippen LogP contribution in [0.3, 0.4) is 0 Å². The van der Waals surface area contributed by atoms with E-state index in [1.807, 2.05) is 7.05 Å². The highest BCUT2D eigenvalue weighted by atomic mass is 16.5. The van der Waals surface area contributed by atoms with Crippen LogP contribution >= 0.6 is 0 Å². The van der Waals surface area contributed by atoms with Gasteiger partial charge in [0.2, 0.25) is 0 Å². The Bertz CT molecular complexity index is 133. The van der Waals surface area contributed by atoms with Crippen molar-refractivity contribution < 1.29 is 4.74 Å². The van der Waals surface area contributed by atoms with Gasteiger partial charge in [-0.05, 0) is 25.3 Å². The van der Waals surface area contributed by atoms with Crippen molar-refractivity contribution in [1.82, 2.24) is 10.6 Å². The summed E-state index contributed by atoms with van der Waals surface area (Å²) in [5.41, 5.74) is 0.464. The lowest BCUT2D eigenvalue weighted by Gasteiger charge is -2.33. The van der Waals surface area contributed by atoms with Crippen LogP contribution < -0.4 is 10.6 Å². The summed E-state index contributed by atoms with van der Waals surface area (Å²) in [4.78, 5) is 0. The fourth-order valence-corrected chi connectivity index (χ4v) is 1.64. The number of nitrogens with one attached hydrogen (secondary N) is 2. The minimum Gasteiger partial charge on any atom is -0.381 e. The van der Waals surface area contributed by atoms with Gasteiger partial charge in [-0.25, -0.2) is 0 Å². The Labute approximate surface area is 81.2 Å². The first-order valence-electron chi connectivity index (χ1n) is 5.20. The van der Waals surface area contributed by atoms with E-state index < -0.39 is 0 Å². The van der Waals surface area contributed by atoms with Crippen LogP contribution in [0.5, 0.6) is 0 Å². The molecule has 0 radical (unpaired) electrons. The predicted octanol–water partition coefficient (Wildman–Crippen LogP) is 0.612. The zero-order valence-corrected chi connectivity index (χ0v) is 8.86. The lowest BCUT2D eigenvalue weighted by atomic mass is 9.82. The fraction of sp³-hybridized carbons (Fsp3) is 1.00. The van der Waals surface area contributed by atoms with Crippen LogP contribution in [-0.2, 0) is 4.74 Å². The highest BCUT2D eigenvalue weighted by Crippen LogP contribution is 2.28. The molecule has 13 heavy (non-hydrogen) atoms. The molecule has 1 saturated heterocycles. The Morgan fingerprint density at radius 3 is 2.54 bits per heavy atom. The molecule has 0 saturated carbocycles. The standard InChI is InChI=1S/C10H22N2O/c1-10(3-7-13-8-4-10)9-12-6-5-11-2/h11-12H,3-9H2,1-2H3. The molecule has 0 aromatic rings. The van der Waals surface area contributed by atoms with E-state index >= 15 is 0 Å². The molecule has 78 valence electrons. The Balaban J connectivity index is 2.10. The van der Waals surface area contributed by atoms with Gasteiger partial charge in [0.15, 0.2) is 0 Å². The van der Waals surface area contributed by atoms with Gasteiger partial charge in [0, 0.05) is 32.8 Å². The van der Waals surface area contributed by atoms with Gasteiger partial charge in [-0.15, -0.1) is 0 Å². The molecule has 0 spiro atoms. The molecule has 3 nitrogen and oxygen atoms in total. The maximum Gasteiger partial charge on any atom is 0.0471 e. The number of hydrogen-bond donors (Lipinski definition) is 2. The normalized spacial score (nSPS) is 21.7. The molecule has 2 N–H and O–H groups in total. The van der Waals surface area contributed by atoms with Crippen molar-refractivity contribution >= 4 is 0 Å². The maximum atomic E-state index is 5.35. The molecule has 1 aliphatic heterocycles. The smallest absolute Gasteiger partial charge is 0.0471 e. The Hall–Kier alpha value is -0.120. The topological polar surface area (TPSA) is 33.3 Å². The summed E-state index contributed by atoms with van der Waals surface area (Å²) < 4.78 is 5.35. The zero-order valence-electron chi connectivity index (χ0n) is 8.86. The van der Waals surface area contributed by atoms with Gasteiger partial charge in [-0.2, -0.15) is 0 Å². The van der Waals surface area contributed by atoms with E-state index in [4.69, 9.17) is 4.74 Å². The highest BCUT2D eigenvalue weighted by molar-refractivity contribution is 4.79. The second kappa shape index (κ2) is 5.58. The van der Waals surface area contributed by atoms with E-state index in [1.165, 1.54) is 12.8 Å². The fourth-order valence-electron chi connectivity index (χ4n) is 1.64. The minimum absolute atomic E-state index is 0.464. The third-order valence-electron chi connectivity index (χ3n) is 2.80. The zero-order chi connectivity index (χ0) is 9.57. The largest absolute Gasteiger partial charge is 0.381 e. The predicted molar refractivity (Wildman–Crippen MR) is 55.0 cm³/mol. The third-order valence-corrected chi connectivity index (χ3v) is 2.80. The highest BCUT2D eigenvalue weighted by Gasteiger charge is 2.26. The van der Waals surface area contributed by atoms with E-state index in [0.29, 0.717) is 5.41 Å². The van der Waals surface area contributed by atoms with Gasteiger partial charge in [0.1, 0.15) is 0 Å². The maximum absolute atomic E-state index is 5.35. The van der Waals surface area contributed by atoms with Gasteiger partial charge >= 0.3 is 0 Å². The molecule has 3 heteroatoms. The van der Waals surface area contributed by atoms with Gasteiger partial charge in [0.05, 0.1) is 0 Å². The summed E-state index contributed by atoms with van der Waals surface area (Å²) >= 11 is 0. The minimum atomic E-state index is 0.464.